The molecule has 3 aromatic rings. The zero-order valence-electron chi connectivity index (χ0n) is 17.8. The zero-order chi connectivity index (χ0) is 22.9. The maximum absolute atomic E-state index is 12.5. The van der Waals surface area contributed by atoms with Crippen LogP contribution in [0.5, 0.6) is 28.7 Å². The Morgan fingerprint density at radius 2 is 1.38 bits per heavy atom. The molecule has 0 saturated heterocycles. The van der Waals surface area contributed by atoms with Gasteiger partial charge in [0.05, 0.1) is 21.3 Å². The summed E-state index contributed by atoms with van der Waals surface area (Å²) in [6.45, 7) is 0. The maximum atomic E-state index is 12.5. The van der Waals surface area contributed by atoms with Gasteiger partial charge >= 0.3 is 0 Å². The summed E-state index contributed by atoms with van der Waals surface area (Å²) in [7, 11) is 4.45. The number of hydrazine groups is 1. The Morgan fingerprint density at radius 3 is 1.94 bits per heavy atom. The fraction of sp³-hybridized carbons (Fsp3) is 0.130. The second-order valence-electron chi connectivity index (χ2n) is 6.39. The SMILES string of the molecule is COc1cc(C(=O)NNC(=S)Nc2ccc(Oc3ccccc3)cc2)cc(OC)c1OC. The highest BCUT2D eigenvalue weighted by molar-refractivity contribution is 7.80. The number of benzene rings is 3. The lowest BCUT2D eigenvalue weighted by Crippen LogP contribution is -2.43. The lowest BCUT2D eigenvalue weighted by atomic mass is 10.1. The first-order valence-electron chi connectivity index (χ1n) is 9.54. The fourth-order valence-electron chi connectivity index (χ4n) is 2.79. The normalized spacial score (nSPS) is 9.97. The van der Waals surface area contributed by atoms with E-state index in [1.807, 2.05) is 54.6 Å². The quantitative estimate of drug-likeness (QED) is 0.363. The van der Waals surface area contributed by atoms with Crippen LogP contribution in [0.15, 0.2) is 66.7 Å². The Kier molecular flexibility index (Phi) is 7.71. The van der Waals surface area contributed by atoms with E-state index in [0.717, 1.165) is 11.4 Å². The minimum Gasteiger partial charge on any atom is -0.493 e. The molecule has 0 aliphatic carbocycles. The third-order valence-electron chi connectivity index (χ3n) is 4.31. The highest BCUT2D eigenvalue weighted by Crippen LogP contribution is 2.38. The lowest BCUT2D eigenvalue weighted by Gasteiger charge is -2.15. The molecule has 0 radical (unpaired) electrons. The van der Waals surface area contributed by atoms with E-state index < -0.39 is 5.91 Å². The minimum atomic E-state index is -0.431. The molecule has 0 aromatic heterocycles. The third kappa shape index (κ3) is 5.79. The summed E-state index contributed by atoms with van der Waals surface area (Å²) in [6, 6.07) is 19.8. The number of nitrogens with one attached hydrogen (secondary N) is 3. The van der Waals surface area contributed by atoms with Crippen molar-refractivity contribution in [1.82, 2.24) is 10.9 Å². The van der Waals surface area contributed by atoms with Gasteiger partial charge < -0.3 is 24.3 Å². The van der Waals surface area contributed by atoms with Crippen molar-refractivity contribution in [2.45, 2.75) is 0 Å². The van der Waals surface area contributed by atoms with Crippen LogP contribution in [0.2, 0.25) is 0 Å². The van der Waals surface area contributed by atoms with Crippen molar-refractivity contribution in [2.75, 3.05) is 26.6 Å². The number of carbonyl (C=O) groups is 1. The van der Waals surface area contributed by atoms with Gasteiger partial charge in [0.2, 0.25) is 5.75 Å². The molecular formula is C23H23N3O5S. The molecule has 0 aliphatic rings. The molecule has 0 unspecified atom stereocenters. The molecule has 0 bridgehead atoms. The number of rotatable bonds is 7. The predicted molar refractivity (Wildman–Crippen MR) is 126 cm³/mol. The smallest absolute Gasteiger partial charge is 0.269 e. The van der Waals surface area contributed by atoms with E-state index in [1.165, 1.54) is 21.3 Å². The highest BCUT2D eigenvalue weighted by Gasteiger charge is 2.17. The number of methoxy groups -OCH3 is 3. The molecule has 0 heterocycles. The van der Waals surface area contributed by atoms with Gasteiger partial charge in [-0.25, -0.2) is 0 Å². The zero-order valence-corrected chi connectivity index (χ0v) is 18.6. The number of hydrogen-bond acceptors (Lipinski definition) is 6. The number of hydrogen-bond donors (Lipinski definition) is 3. The molecule has 9 heteroatoms. The van der Waals surface area contributed by atoms with E-state index in [1.54, 1.807) is 12.1 Å². The fourth-order valence-corrected chi connectivity index (χ4v) is 2.96. The number of ether oxygens (including phenoxy) is 4. The van der Waals surface area contributed by atoms with Crippen LogP contribution in [-0.4, -0.2) is 32.3 Å². The van der Waals surface area contributed by atoms with Crippen LogP contribution < -0.4 is 35.1 Å². The lowest BCUT2D eigenvalue weighted by molar-refractivity contribution is 0.0943. The average molecular weight is 454 g/mol. The van der Waals surface area contributed by atoms with Crippen molar-refractivity contribution in [3.63, 3.8) is 0 Å². The van der Waals surface area contributed by atoms with Crippen LogP contribution in [0.1, 0.15) is 10.4 Å². The molecule has 0 atom stereocenters. The van der Waals surface area contributed by atoms with Gasteiger partial charge in [0, 0.05) is 11.3 Å². The molecule has 3 aromatic carbocycles. The topological polar surface area (TPSA) is 90.1 Å². The van der Waals surface area contributed by atoms with E-state index in [-0.39, 0.29) is 5.11 Å². The van der Waals surface area contributed by atoms with Crippen LogP contribution in [0.4, 0.5) is 5.69 Å². The van der Waals surface area contributed by atoms with Crippen LogP contribution in [-0.2, 0) is 0 Å². The van der Waals surface area contributed by atoms with Gasteiger partial charge in [-0.15, -0.1) is 0 Å². The average Bonchev–Trinajstić information content (AvgIpc) is 2.83. The second kappa shape index (κ2) is 10.9. The second-order valence-corrected chi connectivity index (χ2v) is 6.80. The van der Waals surface area contributed by atoms with E-state index in [0.29, 0.717) is 28.6 Å². The van der Waals surface area contributed by atoms with Gasteiger partial charge in [0.1, 0.15) is 11.5 Å². The molecule has 0 spiro atoms. The number of carbonyl (C=O) groups excluding carboxylic acids is 1. The summed E-state index contributed by atoms with van der Waals surface area (Å²) in [4.78, 5) is 12.5. The number of amides is 1. The Morgan fingerprint density at radius 1 is 0.781 bits per heavy atom. The third-order valence-corrected chi connectivity index (χ3v) is 4.51. The predicted octanol–water partition coefficient (Wildman–Crippen LogP) is 4.14. The van der Waals surface area contributed by atoms with Gasteiger partial charge in [-0.2, -0.15) is 0 Å². The van der Waals surface area contributed by atoms with Gasteiger partial charge in [0.15, 0.2) is 16.6 Å². The molecule has 3 N–H and O–H groups in total. The maximum Gasteiger partial charge on any atom is 0.269 e. The van der Waals surface area contributed by atoms with Gasteiger partial charge in [0.25, 0.3) is 5.91 Å². The molecule has 0 saturated carbocycles. The van der Waals surface area contributed by atoms with E-state index in [2.05, 4.69) is 16.2 Å². The van der Waals surface area contributed by atoms with Crippen LogP contribution in [0.25, 0.3) is 0 Å². The monoisotopic (exact) mass is 453 g/mol. The summed E-state index contributed by atoms with van der Waals surface area (Å²) >= 11 is 5.24. The Hall–Kier alpha value is -3.98. The van der Waals surface area contributed by atoms with Crippen molar-refractivity contribution in [2.24, 2.45) is 0 Å². The molecule has 8 nitrogen and oxygen atoms in total. The summed E-state index contributed by atoms with van der Waals surface area (Å²) < 4.78 is 21.6. The first kappa shape index (κ1) is 22.7. The molecule has 3 rings (SSSR count). The van der Waals surface area contributed by atoms with Crippen molar-refractivity contribution < 1.29 is 23.7 Å². The summed E-state index contributed by atoms with van der Waals surface area (Å²) in [5, 5.41) is 3.19. The minimum absolute atomic E-state index is 0.211. The summed E-state index contributed by atoms with van der Waals surface area (Å²) in [5.41, 5.74) is 6.23. The van der Waals surface area contributed by atoms with E-state index in [4.69, 9.17) is 31.2 Å². The first-order valence-corrected chi connectivity index (χ1v) is 9.95. The number of para-hydroxylation sites is 1. The van der Waals surface area contributed by atoms with Crippen LogP contribution in [0.3, 0.4) is 0 Å². The van der Waals surface area contributed by atoms with E-state index in [9.17, 15) is 4.79 Å². The standard InChI is InChI=1S/C23H23N3O5S/c1-28-19-13-15(14-20(29-2)21(19)30-3)22(27)25-26-23(32)24-16-9-11-18(12-10-16)31-17-7-5-4-6-8-17/h4-14H,1-3H3,(H,25,27)(H2,24,26,32). The van der Waals surface area contributed by atoms with Crippen LogP contribution >= 0.6 is 12.2 Å². The largest absolute Gasteiger partial charge is 0.493 e. The van der Waals surface area contributed by atoms with Crippen molar-refractivity contribution in [3.05, 3.63) is 72.3 Å². The Labute approximate surface area is 191 Å². The van der Waals surface area contributed by atoms with Gasteiger partial charge in [-0.05, 0) is 60.7 Å². The molecule has 166 valence electrons. The molecular weight excluding hydrogens is 430 g/mol. The summed E-state index contributed by atoms with van der Waals surface area (Å²) in [6.07, 6.45) is 0. The van der Waals surface area contributed by atoms with Crippen LogP contribution in [0, 0.1) is 0 Å². The molecule has 0 aliphatic heterocycles. The first-order chi connectivity index (χ1) is 15.5. The van der Waals surface area contributed by atoms with Gasteiger partial charge in [-0.1, -0.05) is 18.2 Å². The molecule has 0 fully saturated rings. The highest BCUT2D eigenvalue weighted by atomic mass is 32.1. The van der Waals surface area contributed by atoms with Gasteiger partial charge in [-0.3, -0.25) is 15.6 Å². The molecule has 32 heavy (non-hydrogen) atoms. The van der Waals surface area contributed by atoms with E-state index >= 15 is 0 Å². The number of anilines is 1. The van der Waals surface area contributed by atoms with Crippen molar-refractivity contribution >= 4 is 28.9 Å². The molecule has 1 amide bonds. The van der Waals surface area contributed by atoms with Crippen molar-refractivity contribution in [3.8, 4) is 28.7 Å². The summed E-state index contributed by atoms with van der Waals surface area (Å²) in [5.74, 6) is 2.15. The van der Waals surface area contributed by atoms with Crippen molar-refractivity contribution in [1.29, 1.82) is 0 Å². The Bertz CT molecular complexity index is 1050. The Balaban J connectivity index is 1.56. The number of thiocarbonyl (C=S) groups is 1.